The van der Waals surface area contributed by atoms with E-state index in [1.54, 1.807) is 24.3 Å². The predicted octanol–water partition coefficient (Wildman–Crippen LogP) is 3.51. The molecule has 0 aliphatic rings. The summed E-state index contributed by atoms with van der Waals surface area (Å²) in [4.78, 5) is 14.1. The Balaban J connectivity index is 1.73. The second-order valence-corrected chi connectivity index (χ2v) is 6.56. The van der Waals surface area contributed by atoms with Gasteiger partial charge in [0.1, 0.15) is 0 Å². The van der Waals surface area contributed by atoms with Gasteiger partial charge in [0.2, 0.25) is 0 Å². The molecule has 26 heavy (non-hydrogen) atoms. The Morgan fingerprint density at radius 2 is 1.92 bits per heavy atom. The number of likely N-dealkylation sites (N-methyl/N-ethyl adjacent to an activating group) is 1. The number of anilines is 1. The first-order valence-electron chi connectivity index (χ1n) is 8.76. The second-order valence-electron chi connectivity index (χ2n) is 6.12. The van der Waals surface area contributed by atoms with Crippen molar-refractivity contribution in [3.63, 3.8) is 0 Å². The highest BCUT2D eigenvalue weighted by Crippen LogP contribution is 2.16. The van der Waals surface area contributed by atoms with E-state index < -0.39 is 6.10 Å². The molecule has 0 heterocycles. The van der Waals surface area contributed by atoms with Gasteiger partial charge in [0.05, 0.1) is 6.10 Å². The van der Waals surface area contributed by atoms with E-state index in [9.17, 15) is 9.90 Å². The van der Waals surface area contributed by atoms with Crippen molar-refractivity contribution in [3.8, 4) is 0 Å². The van der Waals surface area contributed by atoms with E-state index >= 15 is 0 Å². The zero-order chi connectivity index (χ0) is 18.9. The molecule has 3 N–H and O–H groups in total. The third-order valence-corrected chi connectivity index (χ3v) is 4.38. The molecule has 2 rings (SSSR count). The number of nitrogens with one attached hydrogen (secondary N) is 2. The van der Waals surface area contributed by atoms with Crippen LogP contribution in [-0.4, -0.2) is 37.3 Å². The molecule has 2 amide bonds. The molecule has 0 aromatic heterocycles. The standard InChI is InChI=1S/C20H26ClN3O2/c1-3-24(18-6-4-5-15(2)13-18)12-11-22-20(26)23-14-19(25)16-7-9-17(21)10-8-16/h4-10,13,19,25H,3,11-12,14H2,1-2H3,(H2,22,23,26). The number of amides is 2. The van der Waals surface area contributed by atoms with Crippen molar-refractivity contribution >= 4 is 23.3 Å². The first kappa shape index (κ1) is 20.1. The van der Waals surface area contributed by atoms with Gasteiger partial charge in [-0.1, -0.05) is 35.9 Å². The van der Waals surface area contributed by atoms with E-state index in [4.69, 9.17) is 11.6 Å². The molecule has 2 aromatic rings. The van der Waals surface area contributed by atoms with Gasteiger partial charge >= 0.3 is 6.03 Å². The summed E-state index contributed by atoms with van der Waals surface area (Å²) in [7, 11) is 0. The number of nitrogens with zero attached hydrogens (tertiary/aromatic N) is 1. The largest absolute Gasteiger partial charge is 0.387 e. The van der Waals surface area contributed by atoms with Gasteiger partial charge in [-0.2, -0.15) is 0 Å². The van der Waals surface area contributed by atoms with Crippen molar-refractivity contribution in [2.75, 3.05) is 31.1 Å². The third kappa shape index (κ3) is 6.24. The van der Waals surface area contributed by atoms with E-state index in [0.29, 0.717) is 23.7 Å². The lowest BCUT2D eigenvalue weighted by molar-refractivity contribution is 0.173. The lowest BCUT2D eigenvalue weighted by atomic mass is 10.1. The molecule has 0 bridgehead atoms. The second kappa shape index (κ2) is 10.0. The van der Waals surface area contributed by atoms with Crippen LogP contribution < -0.4 is 15.5 Å². The molecule has 1 unspecified atom stereocenters. The zero-order valence-corrected chi connectivity index (χ0v) is 16.0. The summed E-state index contributed by atoms with van der Waals surface area (Å²) in [6, 6.07) is 14.9. The van der Waals surface area contributed by atoms with Gasteiger partial charge < -0.3 is 20.6 Å². The maximum absolute atomic E-state index is 11.9. The number of aliphatic hydroxyl groups is 1. The van der Waals surface area contributed by atoms with Crippen molar-refractivity contribution in [3.05, 3.63) is 64.7 Å². The van der Waals surface area contributed by atoms with Crippen molar-refractivity contribution < 1.29 is 9.90 Å². The number of hydrogen-bond donors (Lipinski definition) is 3. The number of carbonyl (C=O) groups excluding carboxylic acids is 1. The summed E-state index contributed by atoms with van der Waals surface area (Å²) in [5.41, 5.74) is 3.07. The molecule has 6 heteroatoms. The lowest BCUT2D eigenvalue weighted by Gasteiger charge is -2.23. The molecule has 0 saturated carbocycles. The van der Waals surface area contributed by atoms with Crippen LogP contribution >= 0.6 is 11.6 Å². The number of aliphatic hydroxyl groups excluding tert-OH is 1. The molecular formula is C20H26ClN3O2. The van der Waals surface area contributed by atoms with Gasteiger partial charge in [0, 0.05) is 36.9 Å². The first-order chi connectivity index (χ1) is 12.5. The zero-order valence-electron chi connectivity index (χ0n) is 15.2. The average Bonchev–Trinajstić information content (AvgIpc) is 2.64. The summed E-state index contributed by atoms with van der Waals surface area (Å²) >= 11 is 5.83. The quantitative estimate of drug-likeness (QED) is 0.661. The highest BCUT2D eigenvalue weighted by atomic mass is 35.5. The Kier molecular flexibility index (Phi) is 7.75. The smallest absolute Gasteiger partial charge is 0.314 e. The highest BCUT2D eigenvalue weighted by Gasteiger charge is 2.10. The Morgan fingerprint density at radius 3 is 2.58 bits per heavy atom. The van der Waals surface area contributed by atoms with E-state index in [-0.39, 0.29) is 12.6 Å². The lowest BCUT2D eigenvalue weighted by Crippen LogP contribution is -2.41. The fourth-order valence-electron chi connectivity index (χ4n) is 2.65. The predicted molar refractivity (Wildman–Crippen MR) is 107 cm³/mol. The molecular weight excluding hydrogens is 350 g/mol. The molecule has 5 nitrogen and oxygen atoms in total. The summed E-state index contributed by atoms with van der Waals surface area (Å²) in [5.74, 6) is 0. The molecule has 0 aliphatic carbocycles. The number of benzene rings is 2. The number of aryl methyl sites for hydroxylation is 1. The molecule has 0 fully saturated rings. The minimum atomic E-state index is -0.766. The van der Waals surface area contributed by atoms with Gasteiger partial charge in [-0.25, -0.2) is 4.79 Å². The van der Waals surface area contributed by atoms with E-state index in [1.807, 2.05) is 6.07 Å². The van der Waals surface area contributed by atoms with Crippen LogP contribution in [0.2, 0.25) is 5.02 Å². The SMILES string of the molecule is CCN(CCNC(=O)NCC(O)c1ccc(Cl)cc1)c1cccc(C)c1. The number of carbonyl (C=O) groups is 1. The summed E-state index contributed by atoms with van der Waals surface area (Å²) in [5, 5.41) is 16.2. The third-order valence-electron chi connectivity index (χ3n) is 4.13. The van der Waals surface area contributed by atoms with Crippen LogP contribution in [0.4, 0.5) is 10.5 Å². The topological polar surface area (TPSA) is 64.6 Å². The molecule has 140 valence electrons. The fraction of sp³-hybridized carbons (Fsp3) is 0.350. The number of hydrogen-bond acceptors (Lipinski definition) is 3. The molecule has 0 spiro atoms. The molecule has 0 aliphatic heterocycles. The Bertz CT molecular complexity index is 706. The summed E-state index contributed by atoms with van der Waals surface area (Å²) in [6.45, 7) is 6.39. The number of halogens is 1. The molecule has 2 aromatic carbocycles. The summed E-state index contributed by atoms with van der Waals surface area (Å²) < 4.78 is 0. The van der Waals surface area contributed by atoms with Crippen molar-refractivity contribution in [1.82, 2.24) is 10.6 Å². The molecule has 1 atom stereocenters. The average molecular weight is 376 g/mol. The van der Waals surface area contributed by atoms with Gasteiger partial charge in [0.25, 0.3) is 0 Å². The maximum Gasteiger partial charge on any atom is 0.314 e. The minimum Gasteiger partial charge on any atom is -0.387 e. The first-order valence-corrected chi connectivity index (χ1v) is 9.14. The molecule has 0 saturated heterocycles. The van der Waals surface area contributed by atoms with Crippen molar-refractivity contribution in [2.45, 2.75) is 20.0 Å². The van der Waals surface area contributed by atoms with Crippen molar-refractivity contribution in [2.24, 2.45) is 0 Å². The van der Waals surface area contributed by atoms with Crippen LogP contribution in [-0.2, 0) is 0 Å². The van der Waals surface area contributed by atoms with Gasteiger partial charge in [-0.3, -0.25) is 0 Å². The van der Waals surface area contributed by atoms with Crippen LogP contribution in [0.1, 0.15) is 24.2 Å². The van der Waals surface area contributed by atoms with Crippen LogP contribution in [0.25, 0.3) is 0 Å². The Morgan fingerprint density at radius 1 is 1.19 bits per heavy atom. The Hall–Kier alpha value is -2.24. The minimum absolute atomic E-state index is 0.142. The van der Waals surface area contributed by atoms with E-state index in [0.717, 1.165) is 12.2 Å². The maximum atomic E-state index is 11.9. The fourth-order valence-corrected chi connectivity index (χ4v) is 2.78. The Labute approximate surface area is 160 Å². The number of urea groups is 1. The van der Waals surface area contributed by atoms with Gasteiger partial charge in [0.15, 0.2) is 0 Å². The van der Waals surface area contributed by atoms with Gasteiger partial charge in [-0.15, -0.1) is 0 Å². The van der Waals surface area contributed by atoms with Crippen LogP contribution in [0, 0.1) is 6.92 Å². The summed E-state index contributed by atoms with van der Waals surface area (Å²) in [6.07, 6.45) is -0.766. The van der Waals surface area contributed by atoms with E-state index in [1.165, 1.54) is 5.56 Å². The van der Waals surface area contributed by atoms with Crippen LogP contribution in [0.5, 0.6) is 0 Å². The number of rotatable bonds is 8. The monoisotopic (exact) mass is 375 g/mol. The normalized spacial score (nSPS) is 11.7. The van der Waals surface area contributed by atoms with Crippen LogP contribution in [0.15, 0.2) is 48.5 Å². The van der Waals surface area contributed by atoms with Crippen LogP contribution in [0.3, 0.4) is 0 Å². The van der Waals surface area contributed by atoms with Crippen molar-refractivity contribution in [1.29, 1.82) is 0 Å². The highest BCUT2D eigenvalue weighted by molar-refractivity contribution is 6.30. The van der Waals surface area contributed by atoms with Gasteiger partial charge in [-0.05, 0) is 49.2 Å². The molecule has 0 radical (unpaired) electrons. The van der Waals surface area contributed by atoms with E-state index in [2.05, 4.69) is 47.6 Å².